The number of aryl methyl sites for hydroxylation is 2. The van der Waals surface area contributed by atoms with Crippen molar-refractivity contribution in [3.05, 3.63) is 11.4 Å². The maximum atomic E-state index is 11.3. The summed E-state index contributed by atoms with van der Waals surface area (Å²) in [6, 6.07) is 0. The third-order valence-electron chi connectivity index (χ3n) is 2.68. The molecule has 9 nitrogen and oxygen atoms in total. The van der Waals surface area contributed by atoms with Gasteiger partial charge < -0.3 is 4.74 Å². The van der Waals surface area contributed by atoms with Gasteiger partial charge in [-0.05, 0) is 35.0 Å². The van der Waals surface area contributed by atoms with Crippen molar-refractivity contribution in [2.75, 3.05) is 7.11 Å². The second-order valence-corrected chi connectivity index (χ2v) is 4.93. The van der Waals surface area contributed by atoms with Gasteiger partial charge >= 0.3 is 5.97 Å². The van der Waals surface area contributed by atoms with Crippen molar-refractivity contribution >= 4 is 17.7 Å². The van der Waals surface area contributed by atoms with Crippen LogP contribution in [-0.4, -0.2) is 48.5 Å². The number of carbonyl (C=O) groups is 1. The SMILES string of the molecule is CCc1nnc(Sc2nnnn2CC(=O)OC)nc1CC. The molecule has 0 aliphatic carbocycles. The van der Waals surface area contributed by atoms with Crippen LogP contribution in [0.25, 0.3) is 0 Å². The zero-order valence-corrected chi connectivity index (χ0v) is 12.8. The molecule has 0 N–H and O–H groups in total. The second kappa shape index (κ2) is 7.07. The van der Waals surface area contributed by atoms with E-state index < -0.39 is 5.97 Å². The molecule has 2 heterocycles. The Morgan fingerprint density at radius 2 is 1.95 bits per heavy atom. The van der Waals surface area contributed by atoms with Crippen molar-refractivity contribution in [3.8, 4) is 0 Å². The van der Waals surface area contributed by atoms with E-state index in [9.17, 15) is 4.79 Å². The Labute approximate surface area is 125 Å². The number of tetrazole rings is 1. The molecule has 0 radical (unpaired) electrons. The van der Waals surface area contributed by atoms with E-state index in [2.05, 4.69) is 35.4 Å². The molecule has 2 aromatic rings. The Hall–Kier alpha value is -2.10. The monoisotopic (exact) mass is 309 g/mol. The first-order chi connectivity index (χ1) is 10.2. The van der Waals surface area contributed by atoms with Crippen LogP contribution < -0.4 is 0 Å². The lowest BCUT2D eigenvalue weighted by Gasteiger charge is -2.05. The summed E-state index contributed by atoms with van der Waals surface area (Å²) in [5, 5.41) is 20.2. The van der Waals surface area contributed by atoms with E-state index in [1.54, 1.807) is 0 Å². The highest BCUT2D eigenvalue weighted by Crippen LogP contribution is 2.21. The molecule has 0 amide bonds. The summed E-state index contributed by atoms with van der Waals surface area (Å²) in [4.78, 5) is 15.7. The maximum Gasteiger partial charge on any atom is 0.327 e. The van der Waals surface area contributed by atoms with Crippen molar-refractivity contribution < 1.29 is 9.53 Å². The molecule has 0 bridgehead atoms. The Kier molecular flexibility index (Phi) is 5.14. The first-order valence-electron chi connectivity index (χ1n) is 6.41. The lowest BCUT2D eigenvalue weighted by molar-refractivity contribution is -0.141. The highest BCUT2D eigenvalue weighted by Gasteiger charge is 2.15. The number of rotatable bonds is 6. The average Bonchev–Trinajstić information content (AvgIpc) is 2.93. The second-order valence-electron chi connectivity index (χ2n) is 3.99. The normalized spacial score (nSPS) is 10.6. The lowest BCUT2D eigenvalue weighted by atomic mass is 10.2. The van der Waals surface area contributed by atoms with Gasteiger partial charge in [0.2, 0.25) is 10.3 Å². The summed E-state index contributed by atoms with van der Waals surface area (Å²) in [6.07, 6.45) is 1.56. The fraction of sp³-hybridized carbons (Fsp3) is 0.545. The molecule has 0 unspecified atom stereocenters. The fourth-order valence-corrected chi connectivity index (χ4v) is 2.29. The van der Waals surface area contributed by atoms with Crippen LogP contribution in [0.4, 0.5) is 0 Å². The highest BCUT2D eigenvalue weighted by atomic mass is 32.2. The quantitative estimate of drug-likeness (QED) is 0.696. The number of nitrogens with zero attached hydrogens (tertiary/aromatic N) is 7. The number of aromatic nitrogens is 7. The number of carbonyl (C=O) groups excluding carboxylic acids is 1. The summed E-state index contributed by atoms with van der Waals surface area (Å²) < 4.78 is 5.92. The molecule has 2 rings (SSSR count). The van der Waals surface area contributed by atoms with Gasteiger partial charge in [0.05, 0.1) is 18.5 Å². The molecule has 0 atom stereocenters. The van der Waals surface area contributed by atoms with Crippen LogP contribution in [-0.2, 0) is 28.9 Å². The lowest BCUT2D eigenvalue weighted by Crippen LogP contribution is -2.14. The van der Waals surface area contributed by atoms with Crippen LogP contribution in [0.3, 0.4) is 0 Å². The van der Waals surface area contributed by atoms with Crippen molar-refractivity contribution in [3.63, 3.8) is 0 Å². The zero-order valence-electron chi connectivity index (χ0n) is 12.0. The number of ether oxygens (including phenoxy) is 1. The Balaban J connectivity index is 2.19. The van der Waals surface area contributed by atoms with Gasteiger partial charge in [0.1, 0.15) is 6.54 Å². The van der Waals surface area contributed by atoms with Crippen LogP contribution in [0.1, 0.15) is 25.2 Å². The molecule has 0 saturated carbocycles. The largest absolute Gasteiger partial charge is 0.468 e. The van der Waals surface area contributed by atoms with Gasteiger partial charge in [-0.2, -0.15) is 5.10 Å². The van der Waals surface area contributed by atoms with Crippen LogP contribution in [0.15, 0.2) is 10.3 Å². The van der Waals surface area contributed by atoms with Crippen molar-refractivity contribution in [1.29, 1.82) is 0 Å². The van der Waals surface area contributed by atoms with Crippen LogP contribution in [0.2, 0.25) is 0 Å². The van der Waals surface area contributed by atoms with Crippen molar-refractivity contribution in [2.24, 2.45) is 0 Å². The topological polar surface area (TPSA) is 109 Å². The number of esters is 1. The molecule has 2 aromatic heterocycles. The molecule has 0 spiro atoms. The number of hydrogen-bond acceptors (Lipinski definition) is 9. The molecular weight excluding hydrogens is 294 g/mol. The highest BCUT2D eigenvalue weighted by molar-refractivity contribution is 7.99. The third kappa shape index (κ3) is 3.72. The predicted octanol–water partition coefficient (Wildman–Crippen LogP) is 0.307. The average molecular weight is 309 g/mol. The number of methoxy groups -OCH3 is 1. The molecule has 0 fully saturated rings. The minimum absolute atomic E-state index is 0.0626. The third-order valence-corrected chi connectivity index (χ3v) is 3.51. The van der Waals surface area contributed by atoms with Gasteiger partial charge in [-0.3, -0.25) is 4.79 Å². The van der Waals surface area contributed by atoms with Gasteiger partial charge in [-0.15, -0.1) is 10.2 Å². The Morgan fingerprint density at radius 1 is 1.19 bits per heavy atom. The van der Waals surface area contributed by atoms with E-state index in [4.69, 9.17) is 0 Å². The van der Waals surface area contributed by atoms with Crippen LogP contribution >= 0.6 is 11.8 Å². The molecule has 0 saturated heterocycles. The number of hydrogen-bond donors (Lipinski definition) is 0. The predicted molar refractivity (Wildman–Crippen MR) is 72.5 cm³/mol. The van der Waals surface area contributed by atoms with E-state index in [0.29, 0.717) is 10.3 Å². The Morgan fingerprint density at radius 3 is 2.62 bits per heavy atom. The summed E-state index contributed by atoms with van der Waals surface area (Å²) in [5.74, 6) is -0.432. The standard InChI is InChI=1S/C11H15N7O2S/c1-4-7-8(5-2)13-14-10(12-7)21-11-15-16-17-18(11)6-9(19)20-3/h4-6H2,1-3H3. The van der Waals surface area contributed by atoms with Gasteiger partial charge in [0.15, 0.2) is 0 Å². The molecule has 0 aliphatic rings. The summed E-state index contributed by atoms with van der Waals surface area (Å²) in [6.45, 7) is 3.96. The first-order valence-corrected chi connectivity index (χ1v) is 7.22. The van der Waals surface area contributed by atoms with E-state index >= 15 is 0 Å². The molecular formula is C11H15N7O2S. The molecule has 0 aliphatic heterocycles. The van der Waals surface area contributed by atoms with Gasteiger partial charge in [-0.25, -0.2) is 9.67 Å². The van der Waals surface area contributed by atoms with E-state index in [0.717, 1.165) is 36.0 Å². The molecule has 21 heavy (non-hydrogen) atoms. The van der Waals surface area contributed by atoms with E-state index in [-0.39, 0.29) is 6.54 Å². The minimum atomic E-state index is -0.432. The Bertz CT molecular complexity index is 631. The summed E-state index contributed by atoms with van der Waals surface area (Å²) >= 11 is 1.16. The minimum Gasteiger partial charge on any atom is -0.468 e. The zero-order chi connectivity index (χ0) is 15.2. The van der Waals surface area contributed by atoms with Crippen molar-refractivity contribution in [1.82, 2.24) is 35.4 Å². The smallest absolute Gasteiger partial charge is 0.327 e. The van der Waals surface area contributed by atoms with E-state index in [1.807, 2.05) is 13.8 Å². The van der Waals surface area contributed by atoms with Gasteiger partial charge in [-0.1, -0.05) is 13.8 Å². The summed E-state index contributed by atoms with van der Waals surface area (Å²) in [5.41, 5.74) is 1.79. The first kappa shape index (κ1) is 15.3. The molecule has 0 aromatic carbocycles. The van der Waals surface area contributed by atoms with E-state index in [1.165, 1.54) is 11.8 Å². The van der Waals surface area contributed by atoms with Crippen LogP contribution in [0, 0.1) is 0 Å². The van der Waals surface area contributed by atoms with Gasteiger partial charge in [0, 0.05) is 0 Å². The fourth-order valence-electron chi connectivity index (χ4n) is 1.60. The maximum absolute atomic E-state index is 11.3. The molecule has 112 valence electrons. The molecule has 10 heteroatoms. The van der Waals surface area contributed by atoms with Gasteiger partial charge in [0.25, 0.3) is 0 Å². The van der Waals surface area contributed by atoms with Crippen molar-refractivity contribution in [2.45, 2.75) is 43.5 Å². The van der Waals surface area contributed by atoms with Crippen LogP contribution in [0.5, 0.6) is 0 Å². The summed E-state index contributed by atoms with van der Waals surface area (Å²) in [7, 11) is 1.31.